The Bertz CT molecular complexity index is 337. The minimum Gasteiger partial charge on any atom is -0.478 e. The first kappa shape index (κ1) is 13.5. The molecule has 0 amide bonds. The fourth-order valence-corrected chi connectivity index (χ4v) is 1.83. The molecule has 0 bridgehead atoms. The summed E-state index contributed by atoms with van der Waals surface area (Å²) in [5, 5.41) is 9.40. The zero-order valence-electron chi connectivity index (χ0n) is 9.50. The quantitative estimate of drug-likeness (QED) is 0.345. The third kappa shape index (κ3) is 6.58. The van der Waals surface area contributed by atoms with Crippen LogP contribution in [0, 0.1) is 12.0 Å². The van der Waals surface area contributed by atoms with Gasteiger partial charge in [0.25, 0.3) is 0 Å². The molecule has 0 atom stereocenters. The molecule has 0 aliphatic heterocycles. The van der Waals surface area contributed by atoms with Crippen molar-refractivity contribution in [3.63, 3.8) is 0 Å². The van der Waals surface area contributed by atoms with Gasteiger partial charge in [-0.2, -0.15) is 0 Å². The molecule has 0 aliphatic carbocycles. The summed E-state index contributed by atoms with van der Waals surface area (Å²) < 4.78 is 4.67. The monoisotopic (exact) mass is 224 g/mol. The molecule has 0 aromatic carbocycles. The molecule has 3 nitrogen and oxygen atoms in total. The standard InChI is InChI=1S/C11H16O3Si/c1-14-9-8-10(15(2,3)4)6-5-7-11(12)13/h5-7H,1-4H3,(H,12,13)/b7-5-,10-6+. The summed E-state index contributed by atoms with van der Waals surface area (Å²) >= 11 is 0. The van der Waals surface area contributed by atoms with Crippen LogP contribution in [-0.2, 0) is 9.53 Å². The molecule has 0 aliphatic rings. The fraction of sp³-hybridized carbons (Fsp3) is 0.364. The predicted octanol–water partition coefficient (Wildman–Crippen LogP) is 2.04. The van der Waals surface area contributed by atoms with Gasteiger partial charge in [0.15, 0.2) is 0 Å². The average molecular weight is 224 g/mol. The maximum Gasteiger partial charge on any atom is 0.328 e. The predicted molar refractivity (Wildman–Crippen MR) is 63.0 cm³/mol. The highest BCUT2D eigenvalue weighted by molar-refractivity contribution is 6.84. The highest BCUT2D eigenvalue weighted by atomic mass is 28.3. The number of methoxy groups -OCH3 is 1. The van der Waals surface area contributed by atoms with Crippen molar-refractivity contribution in [3.05, 3.63) is 23.4 Å². The summed E-state index contributed by atoms with van der Waals surface area (Å²) in [6, 6.07) is 0. The highest BCUT2D eigenvalue weighted by Crippen LogP contribution is 2.13. The zero-order valence-corrected chi connectivity index (χ0v) is 10.5. The van der Waals surface area contributed by atoms with Crippen LogP contribution in [0.1, 0.15) is 0 Å². The average Bonchev–Trinajstić information content (AvgIpc) is 2.08. The lowest BCUT2D eigenvalue weighted by atomic mass is 10.4. The van der Waals surface area contributed by atoms with E-state index in [4.69, 9.17) is 5.11 Å². The number of hydrogen-bond acceptors (Lipinski definition) is 2. The van der Waals surface area contributed by atoms with Gasteiger partial charge in [-0.25, -0.2) is 4.79 Å². The Morgan fingerprint density at radius 3 is 2.40 bits per heavy atom. The summed E-state index contributed by atoms with van der Waals surface area (Å²) in [4.78, 5) is 10.3. The fourth-order valence-electron chi connectivity index (χ4n) is 0.812. The number of carboxylic acid groups (broad SMARTS) is 1. The van der Waals surface area contributed by atoms with E-state index in [-0.39, 0.29) is 0 Å². The van der Waals surface area contributed by atoms with Crippen LogP contribution in [0.25, 0.3) is 0 Å². The van der Waals surface area contributed by atoms with Crippen molar-refractivity contribution in [1.29, 1.82) is 0 Å². The minimum absolute atomic E-state index is 0.958. The van der Waals surface area contributed by atoms with Crippen LogP contribution >= 0.6 is 0 Å². The van der Waals surface area contributed by atoms with Gasteiger partial charge in [0.05, 0.1) is 15.2 Å². The highest BCUT2D eigenvalue weighted by Gasteiger charge is 2.17. The first-order chi connectivity index (χ1) is 6.88. The largest absolute Gasteiger partial charge is 0.478 e. The van der Waals surface area contributed by atoms with Gasteiger partial charge in [0, 0.05) is 6.08 Å². The van der Waals surface area contributed by atoms with E-state index >= 15 is 0 Å². The Balaban J connectivity index is 4.87. The molecule has 82 valence electrons. The van der Waals surface area contributed by atoms with Gasteiger partial charge in [0.2, 0.25) is 0 Å². The third-order valence-electron chi connectivity index (χ3n) is 1.60. The minimum atomic E-state index is -1.53. The number of aliphatic carboxylic acids is 1. The molecule has 0 spiro atoms. The number of carbonyl (C=O) groups is 1. The lowest BCUT2D eigenvalue weighted by molar-refractivity contribution is -0.131. The van der Waals surface area contributed by atoms with Gasteiger partial charge in [-0.05, 0) is 11.1 Å². The van der Waals surface area contributed by atoms with E-state index in [1.165, 1.54) is 13.2 Å². The number of allylic oxidation sites excluding steroid dienone is 3. The van der Waals surface area contributed by atoms with E-state index in [9.17, 15) is 4.79 Å². The molecule has 0 unspecified atom stereocenters. The summed E-state index contributed by atoms with van der Waals surface area (Å²) in [5.41, 5.74) is 0. The summed E-state index contributed by atoms with van der Waals surface area (Å²) in [6.45, 7) is 6.41. The van der Waals surface area contributed by atoms with E-state index in [2.05, 4.69) is 36.4 Å². The molecule has 0 fully saturated rings. The van der Waals surface area contributed by atoms with Gasteiger partial charge in [-0.1, -0.05) is 31.8 Å². The van der Waals surface area contributed by atoms with Gasteiger partial charge in [-0.15, -0.1) is 0 Å². The molecule has 0 aromatic rings. The van der Waals surface area contributed by atoms with Crippen molar-refractivity contribution in [2.45, 2.75) is 19.6 Å². The molecule has 0 saturated heterocycles. The van der Waals surface area contributed by atoms with Crippen LogP contribution in [-0.4, -0.2) is 26.3 Å². The molecule has 0 aromatic heterocycles. The SMILES string of the molecule is COC#C/C(=C\C=C/C(=O)O)[Si](C)(C)C. The van der Waals surface area contributed by atoms with Crippen LogP contribution in [0.4, 0.5) is 0 Å². The number of hydrogen-bond donors (Lipinski definition) is 1. The van der Waals surface area contributed by atoms with Crippen molar-refractivity contribution in [2.24, 2.45) is 0 Å². The second-order valence-electron chi connectivity index (χ2n) is 3.96. The van der Waals surface area contributed by atoms with E-state index in [1.807, 2.05) is 0 Å². The molecular formula is C11H16O3Si. The van der Waals surface area contributed by atoms with Gasteiger partial charge >= 0.3 is 5.97 Å². The van der Waals surface area contributed by atoms with Crippen molar-refractivity contribution in [1.82, 2.24) is 0 Å². The molecule has 0 rings (SSSR count). The Morgan fingerprint density at radius 2 is 2.00 bits per heavy atom. The molecule has 15 heavy (non-hydrogen) atoms. The lowest BCUT2D eigenvalue weighted by Crippen LogP contribution is -2.22. The topological polar surface area (TPSA) is 46.5 Å². The van der Waals surface area contributed by atoms with Crippen molar-refractivity contribution >= 4 is 14.0 Å². The van der Waals surface area contributed by atoms with Crippen LogP contribution in [0.15, 0.2) is 23.4 Å². The maximum atomic E-state index is 10.3. The van der Waals surface area contributed by atoms with Crippen molar-refractivity contribution in [3.8, 4) is 12.0 Å². The molecule has 4 heteroatoms. The molecule has 0 radical (unpaired) electrons. The molecule has 0 saturated carbocycles. The second kappa shape index (κ2) is 6.09. The van der Waals surface area contributed by atoms with Crippen molar-refractivity contribution < 1.29 is 14.6 Å². The number of ether oxygens (including phenoxy) is 1. The van der Waals surface area contributed by atoms with Crippen LogP contribution in [0.2, 0.25) is 19.6 Å². The van der Waals surface area contributed by atoms with Crippen LogP contribution in [0.3, 0.4) is 0 Å². The number of rotatable bonds is 3. The van der Waals surface area contributed by atoms with E-state index in [0.29, 0.717) is 0 Å². The van der Waals surface area contributed by atoms with E-state index in [0.717, 1.165) is 11.3 Å². The van der Waals surface area contributed by atoms with Gasteiger partial charge in [-0.3, -0.25) is 0 Å². The smallest absolute Gasteiger partial charge is 0.328 e. The van der Waals surface area contributed by atoms with Gasteiger partial charge in [0.1, 0.15) is 6.11 Å². The summed E-state index contributed by atoms with van der Waals surface area (Å²) in [5.74, 6) is 1.93. The summed E-state index contributed by atoms with van der Waals surface area (Å²) in [7, 11) is -0.0307. The lowest BCUT2D eigenvalue weighted by Gasteiger charge is -2.14. The van der Waals surface area contributed by atoms with Crippen LogP contribution < -0.4 is 0 Å². The summed E-state index contributed by atoms with van der Waals surface area (Å²) in [6.07, 6.45) is 6.86. The number of carboxylic acids is 1. The molecule has 0 heterocycles. The Labute approximate surface area is 91.5 Å². The molecule has 1 N–H and O–H groups in total. The zero-order chi connectivity index (χ0) is 11.9. The van der Waals surface area contributed by atoms with E-state index < -0.39 is 14.0 Å². The molecular weight excluding hydrogens is 208 g/mol. The third-order valence-corrected chi connectivity index (χ3v) is 3.51. The first-order valence-corrected chi connectivity index (χ1v) is 8.03. The van der Waals surface area contributed by atoms with Crippen LogP contribution in [0.5, 0.6) is 0 Å². The van der Waals surface area contributed by atoms with Gasteiger partial charge < -0.3 is 9.84 Å². The Hall–Kier alpha value is -1.47. The normalized spacial score (nSPS) is 12.1. The first-order valence-electron chi connectivity index (χ1n) is 4.53. The Kier molecular flexibility index (Phi) is 5.50. The maximum absolute atomic E-state index is 10.3. The van der Waals surface area contributed by atoms with E-state index in [1.54, 1.807) is 6.08 Å². The van der Waals surface area contributed by atoms with Crippen molar-refractivity contribution in [2.75, 3.05) is 7.11 Å². The second-order valence-corrected chi connectivity index (χ2v) is 9.00. The Morgan fingerprint density at radius 1 is 1.40 bits per heavy atom.